The molecule has 2 aliphatic rings. The summed E-state index contributed by atoms with van der Waals surface area (Å²) in [5.41, 5.74) is 3.97. The number of rotatable bonds is 6. The zero-order chi connectivity index (χ0) is 24.4. The molecule has 0 saturated heterocycles. The fourth-order valence-electron chi connectivity index (χ4n) is 5.20. The van der Waals surface area contributed by atoms with Gasteiger partial charge in [-0.2, -0.15) is 0 Å². The lowest BCUT2D eigenvalue weighted by atomic mass is 9.80. The minimum absolute atomic E-state index is 0.0161. The van der Waals surface area contributed by atoms with Crippen LogP contribution in [0.4, 0.5) is 11.4 Å². The van der Waals surface area contributed by atoms with Crippen molar-refractivity contribution in [3.63, 3.8) is 0 Å². The number of hydrogen-bond donors (Lipinski definition) is 1. The molecule has 35 heavy (non-hydrogen) atoms. The van der Waals surface area contributed by atoms with Crippen molar-refractivity contribution in [2.24, 2.45) is 0 Å². The molecule has 1 amide bonds. The number of furan rings is 1. The van der Waals surface area contributed by atoms with Crippen molar-refractivity contribution < 1.29 is 14.0 Å². The molecular weight excluding hydrogens is 460 g/mol. The molecule has 2 heterocycles. The molecule has 0 fully saturated rings. The SMILES string of the molecule is CCCCCC(=O)N1c2ccccc2NC2=C(C(=O)C[C@@H](c3ccco3)C2)[C@@H]1c1ccc(Cl)cc1. The smallest absolute Gasteiger partial charge is 0.227 e. The fraction of sp³-hybridized carbons (Fsp3) is 0.310. The molecule has 3 aromatic rings. The van der Waals surface area contributed by atoms with Crippen LogP contribution in [0.15, 0.2) is 82.6 Å². The molecular formula is C29H29ClN2O3. The second kappa shape index (κ2) is 10.1. The summed E-state index contributed by atoms with van der Waals surface area (Å²) in [6.45, 7) is 2.12. The number of benzene rings is 2. The van der Waals surface area contributed by atoms with Gasteiger partial charge in [-0.3, -0.25) is 14.5 Å². The zero-order valence-electron chi connectivity index (χ0n) is 19.8. The van der Waals surface area contributed by atoms with Crippen LogP contribution in [0.2, 0.25) is 5.02 Å². The topological polar surface area (TPSA) is 62.6 Å². The second-order valence-electron chi connectivity index (χ2n) is 9.25. The predicted octanol–water partition coefficient (Wildman–Crippen LogP) is 7.41. The number of fused-ring (bicyclic) bond motifs is 1. The van der Waals surface area contributed by atoms with Crippen LogP contribution in [-0.4, -0.2) is 11.7 Å². The Hall–Kier alpha value is -3.31. The van der Waals surface area contributed by atoms with Crippen LogP contribution in [0.25, 0.3) is 0 Å². The number of carbonyl (C=O) groups is 2. The minimum Gasteiger partial charge on any atom is -0.469 e. The number of allylic oxidation sites excluding steroid dienone is 1. The number of nitrogens with one attached hydrogen (secondary N) is 1. The van der Waals surface area contributed by atoms with E-state index in [9.17, 15) is 9.59 Å². The number of unbranched alkanes of at least 4 members (excludes halogenated alkanes) is 2. The summed E-state index contributed by atoms with van der Waals surface area (Å²) in [4.78, 5) is 29.4. The second-order valence-corrected chi connectivity index (χ2v) is 9.69. The maximum atomic E-state index is 13.8. The van der Waals surface area contributed by atoms with E-state index >= 15 is 0 Å². The number of carbonyl (C=O) groups excluding carboxylic acids is 2. The van der Waals surface area contributed by atoms with Crippen molar-refractivity contribution in [2.75, 3.05) is 10.2 Å². The predicted molar refractivity (Wildman–Crippen MR) is 139 cm³/mol. The first-order valence-electron chi connectivity index (χ1n) is 12.3. The van der Waals surface area contributed by atoms with E-state index in [-0.39, 0.29) is 17.6 Å². The molecule has 5 rings (SSSR count). The molecule has 1 aromatic heterocycles. The summed E-state index contributed by atoms with van der Waals surface area (Å²) in [5.74, 6) is 0.801. The van der Waals surface area contributed by atoms with E-state index in [1.807, 2.05) is 65.6 Å². The van der Waals surface area contributed by atoms with Gasteiger partial charge in [0, 0.05) is 35.1 Å². The lowest BCUT2D eigenvalue weighted by molar-refractivity contribution is -0.119. The number of amides is 1. The number of halogens is 1. The van der Waals surface area contributed by atoms with Crippen molar-refractivity contribution in [1.29, 1.82) is 0 Å². The Balaban J connectivity index is 1.66. The Morgan fingerprint density at radius 3 is 2.60 bits per heavy atom. The van der Waals surface area contributed by atoms with Crippen LogP contribution >= 0.6 is 11.6 Å². The van der Waals surface area contributed by atoms with Gasteiger partial charge in [0.1, 0.15) is 5.76 Å². The average Bonchev–Trinajstić information content (AvgIpc) is 3.35. The third-order valence-electron chi connectivity index (χ3n) is 6.88. The van der Waals surface area contributed by atoms with Gasteiger partial charge in [0.25, 0.3) is 0 Å². The van der Waals surface area contributed by atoms with E-state index in [1.54, 1.807) is 6.26 Å². The highest BCUT2D eigenvalue weighted by Crippen LogP contribution is 2.47. The Bertz CT molecular complexity index is 1250. The molecule has 2 aromatic carbocycles. The monoisotopic (exact) mass is 488 g/mol. The minimum atomic E-state index is -0.530. The molecule has 0 spiro atoms. The zero-order valence-corrected chi connectivity index (χ0v) is 20.6. The van der Waals surface area contributed by atoms with Gasteiger partial charge in [0.05, 0.1) is 23.7 Å². The van der Waals surface area contributed by atoms with E-state index in [2.05, 4.69) is 12.2 Å². The molecule has 1 aliphatic heterocycles. The molecule has 2 atom stereocenters. The molecule has 1 N–H and O–H groups in total. The third-order valence-corrected chi connectivity index (χ3v) is 7.13. The first-order chi connectivity index (χ1) is 17.1. The summed E-state index contributed by atoms with van der Waals surface area (Å²) in [5, 5.41) is 4.16. The van der Waals surface area contributed by atoms with E-state index in [1.165, 1.54) is 0 Å². The van der Waals surface area contributed by atoms with E-state index < -0.39 is 6.04 Å². The normalized spacial score (nSPS) is 19.6. The highest BCUT2D eigenvalue weighted by Gasteiger charge is 2.41. The summed E-state index contributed by atoms with van der Waals surface area (Å²) < 4.78 is 5.66. The number of nitrogens with zero attached hydrogens (tertiary/aromatic N) is 1. The average molecular weight is 489 g/mol. The van der Waals surface area contributed by atoms with E-state index in [0.29, 0.717) is 29.9 Å². The lowest BCUT2D eigenvalue weighted by Gasteiger charge is -2.35. The highest BCUT2D eigenvalue weighted by molar-refractivity contribution is 6.30. The van der Waals surface area contributed by atoms with Crippen molar-refractivity contribution in [3.8, 4) is 0 Å². The van der Waals surface area contributed by atoms with Gasteiger partial charge in [-0.1, -0.05) is 55.6 Å². The number of Topliss-reactive ketones (excluding diaryl/α,β-unsaturated/α-hetero) is 1. The number of ketones is 1. The third kappa shape index (κ3) is 4.65. The first-order valence-corrected chi connectivity index (χ1v) is 12.7. The van der Waals surface area contributed by atoms with E-state index in [4.69, 9.17) is 16.0 Å². The largest absolute Gasteiger partial charge is 0.469 e. The van der Waals surface area contributed by atoms with Gasteiger partial charge >= 0.3 is 0 Å². The molecule has 0 radical (unpaired) electrons. The maximum absolute atomic E-state index is 13.8. The van der Waals surface area contributed by atoms with E-state index in [0.717, 1.165) is 47.7 Å². The fourth-order valence-corrected chi connectivity index (χ4v) is 5.32. The number of anilines is 2. The molecule has 0 bridgehead atoms. The Labute approximate surface area is 210 Å². The van der Waals surface area contributed by atoms with Crippen LogP contribution in [0.5, 0.6) is 0 Å². The van der Waals surface area contributed by atoms with Gasteiger partial charge in [-0.15, -0.1) is 0 Å². The van der Waals surface area contributed by atoms with Crippen molar-refractivity contribution in [3.05, 3.63) is 94.5 Å². The molecule has 0 saturated carbocycles. The number of hydrogen-bond acceptors (Lipinski definition) is 4. The van der Waals surface area contributed by atoms with Crippen LogP contribution in [0.3, 0.4) is 0 Å². The van der Waals surface area contributed by atoms with Crippen molar-refractivity contribution in [1.82, 2.24) is 0 Å². The van der Waals surface area contributed by atoms with Crippen molar-refractivity contribution in [2.45, 2.75) is 57.4 Å². The van der Waals surface area contributed by atoms with Gasteiger partial charge in [0.2, 0.25) is 5.91 Å². The van der Waals surface area contributed by atoms with Crippen LogP contribution in [0, 0.1) is 0 Å². The van der Waals surface area contributed by atoms with Crippen molar-refractivity contribution >= 4 is 34.7 Å². The molecule has 0 unspecified atom stereocenters. The molecule has 6 heteroatoms. The number of para-hydroxylation sites is 2. The Morgan fingerprint density at radius 1 is 1.06 bits per heavy atom. The summed E-state index contributed by atoms with van der Waals surface area (Å²) in [6.07, 6.45) is 5.88. The van der Waals surface area contributed by atoms with Gasteiger partial charge < -0.3 is 9.73 Å². The summed E-state index contributed by atoms with van der Waals surface area (Å²) >= 11 is 6.21. The van der Waals surface area contributed by atoms with Gasteiger partial charge in [-0.25, -0.2) is 0 Å². The lowest BCUT2D eigenvalue weighted by Crippen LogP contribution is -2.38. The molecule has 1 aliphatic carbocycles. The van der Waals surface area contributed by atoms with Gasteiger partial charge in [0.15, 0.2) is 5.78 Å². The van der Waals surface area contributed by atoms with Crippen LogP contribution in [0.1, 0.15) is 68.7 Å². The Morgan fingerprint density at radius 2 is 1.86 bits per heavy atom. The highest BCUT2D eigenvalue weighted by atomic mass is 35.5. The van der Waals surface area contributed by atoms with Crippen LogP contribution in [-0.2, 0) is 9.59 Å². The summed E-state index contributed by atoms with van der Waals surface area (Å²) in [7, 11) is 0. The Kier molecular flexibility index (Phi) is 6.78. The molecule has 180 valence electrons. The molecule has 5 nitrogen and oxygen atoms in total. The first kappa shape index (κ1) is 23.4. The van der Waals surface area contributed by atoms with Gasteiger partial charge in [-0.05, 0) is 54.8 Å². The standard InChI is InChI=1S/C29H29ClN2O3/c1-2-3-4-11-27(34)32-24-9-6-5-8-22(24)31-23-17-20(26-10-7-16-35-26)18-25(33)28(23)29(32)19-12-14-21(30)15-13-19/h5-10,12-16,20,29,31H,2-4,11,17-18H2,1H3/t20-,29-/m0/s1. The maximum Gasteiger partial charge on any atom is 0.227 e. The summed E-state index contributed by atoms with van der Waals surface area (Å²) in [6, 6.07) is 18.5. The van der Waals surface area contributed by atoms with Crippen LogP contribution < -0.4 is 10.2 Å². The quantitative estimate of drug-likeness (QED) is 0.367.